The largest absolute Gasteiger partial charge is 0.508 e. The van der Waals surface area contributed by atoms with Gasteiger partial charge >= 0.3 is 6.61 Å². The number of para-hydroxylation sites is 1. The lowest BCUT2D eigenvalue weighted by atomic mass is 10.1. The summed E-state index contributed by atoms with van der Waals surface area (Å²) in [5.41, 5.74) is 1.67. The van der Waals surface area contributed by atoms with Gasteiger partial charge in [0.25, 0.3) is 0 Å². The van der Waals surface area contributed by atoms with E-state index in [9.17, 15) is 13.9 Å². The second-order valence-corrected chi connectivity index (χ2v) is 4.68. The highest BCUT2D eigenvalue weighted by molar-refractivity contribution is 5.33. The number of halogens is 2. The lowest BCUT2D eigenvalue weighted by Gasteiger charge is -2.16. The molecule has 0 saturated heterocycles. The van der Waals surface area contributed by atoms with Crippen molar-refractivity contribution in [2.75, 3.05) is 0 Å². The van der Waals surface area contributed by atoms with Crippen LogP contribution in [-0.2, 0) is 6.54 Å². The fourth-order valence-electron chi connectivity index (χ4n) is 2.00. The van der Waals surface area contributed by atoms with Crippen LogP contribution in [0.1, 0.15) is 24.1 Å². The number of aromatic hydroxyl groups is 1. The molecule has 2 aromatic carbocycles. The first-order chi connectivity index (χ1) is 10.1. The molecule has 21 heavy (non-hydrogen) atoms. The first kappa shape index (κ1) is 15.3. The normalized spacial score (nSPS) is 12.4. The molecule has 2 aromatic rings. The maximum Gasteiger partial charge on any atom is 0.387 e. The van der Waals surface area contributed by atoms with Gasteiger partial charge in [-0.3, -0.25) is 0 Å². The van der Waals surface area contributed by atoms with E-state index in [-0.39, 0.29) is 17.5 Å². The number of phenols is 1. The summed E-state index contributed by atoms with van der Waals surface area (Å²) in [6.07, 6.45) is 0. The molecule has 0 aliphatic rings. The van der Waals surface area contributed by atoms with Gasteiger partial charge in [0, 0.05) is 18.2 Å². The van der Waals surface area contributed by atoms with E-state index in [0.717, 1.165) is 5.56 Å². The molecular weight excluding hydrogens is 276 g/mol. The van der Waals surface area contributed by atoms with Gasteiger partial charge in [-0.05, 0) is 30.7 Å². The van der Waals surface area contributed by atoms with Crippen molar-refractivity contribution < 1.29 is 18.6 Å². The SMILES string of the molecule is CC(NCc1ccccc1OC(F)F)c1ccc(O)cc1. The number of nitrogens with one attached hydrogen (secondary N) is 1. The van der Waals surface area contributed by atoms with E-state index in [1.165, 1.54) is 6.07 Å². The highest BCUT2D eigenvalue weighted by atomic mass is 19.3. The summed E-state index contributed by atoms with van der Waals surface area (Å²) in [7, 11) is 0. The number of hydrogen-bond acceptors (Lipinski definition) is 3. The molecule has 1 unspecified atom stereocenters. The van der Waals surface area contributed by atoms with Gasteiger partial charge in [-0.2, -0.15) is 8.78 Å². The van der Waals surface area contributed by atoms with Gasteiger partial charge in [-0.25, -0.2) is 0 Å². The Labute approximate surface area is 122 Å². The van der Waals surface area contributed by atoms with Crippen LogP contribution in [0.2, 0.25) is 0 Å². The maximum atomic E-state index is 12.3. The van der Waals surface area contributed by atoms with Crippen LogP contribution in [0.4, 0.5) is 8.78 Å². The quantitative estimate of drug-likeness (QED) is 0.850. The molecule has 0 aliphatic carbocycles. The lowest BCUT2D eigenvalue weighted by Crippen LogP contribution is -2.19. The molecule has 1 atom stereocenters. The minimum absolute atomic E-state index is 0.0187. The molecule has 112 valence electrons. The second-order valence-electron chi connectivity index (χ2n) is 4.68. The molecule has 0 spiro atoms. The topological polar surface area (TPSA) is 41.5 Å². The molecule has 0 aromatic heterocycles. The smallest absolute Gasteiger partial charge is 0.387 e. The van der Waals surface area contributed by atoms with Gasteiger partial charge in [-0.1, -0.05) is 30.3 Å². The maximum absolute atomic E-state index is 12.3. The third-order valence-corrected chi connectivity index (χ3v) is 3.18. The molecule has 2 rings (SSSR count). The van der Waals surface area contributed by atoms with Crippen LogP contribution < -0.4 is 10.1 Å². The third kappa shape index (κ3) is 4.43. The van der Waals surface area contributed by atoms with Crippen LogP contribution in [0.3, 0.4) is 0 Å². The highest BCUT2D eigenvalue weighted by Gasteiger charge is 2.10. The minimum Gasteiger partial charge on any atom is -0.508 e. The Kier molecular flexibility index (Phi) is 5.11. The summed E-state index contributed by atoms with van der Waals surface area (Å²) < 4.78 is 29.2. The summed E-state index contributed by atoms with van der Waals surface area (Å²) in [4.78, 5) is 0. The van der Waals surface area contributed by atoms with E-state index in [4.69, 9.17) is 0 Å². The van der Waals surface area contributed by atoms with Crippen molar-refractivity contribution in [2.45, 2.75) is 26.1 Å². The molecule has 3 nitrogen and oxygen atoms in total. The Morgan fingerprint density at radius 2 is 1.76 bits per heavy atom. The molecule has 2 N–H and O–H groups in total. The minimum atomic E-state index is -2.83. The van der Waals surface area contributed by atoms with Crippen LogP contribution in [-0.4, -0.2) is 11.7 Å². The van der Waals surface area contributed by atoms with E-state index in [1.807, 2.05) is 19.1 Å². The Balaban J connectivity index is 2.01. The van der Waals surface area contributed by atoms with Crippen molar-refractivity contribution in [3.8, 4) is 11.5 Å². The van der Waals surface area contributed by atoms with Gasteiger partial charge < -0.3 is 15.2 Å². The van der Waals surface area contributed by atoms with Gasteiger partial charge in [0.1, 0.15) is 11.5 Å². The zero-order chi connectivity index (χ0) is 15.2. The number of alkyl halides is 2. The Bertz CT molecular complexity index is 573. The monoisotopic (exact) mass is 293 g/mol. The number of ether oxygens (including phenoxy) is 1. The standard InChI is InChI=1S/C16H17F2NO2/c1-11(12-6-8-14(20)9-7-12)19-10-13-4-2-3-5-15(13)21-16(17)18/h2-9,11,16,19-20H,10H2,1H3. The lowest BCUT2D eigenvalue weighted by molar-refractivity contribution is -0.0505. The average Bonchev–Trinajstić information content (AvgIpc) is 2.46. The first-order valence-corrected chi connectivity index (χ1v) is 6.61. The molecule has 0 radical (unpaired) electrons. The number of benzene rings is 2. The van der Waals surface area contributed by atoms with Crippen molar-refractivity contribution in [3.05, 3.63) is 59.7 Å². The second kappa shape index (κ2) is 7.04. The van der Waals surface area contributed by atoms with E-state index >= 15 is 0 Å². The summed E-state index contributed by atoms with van der Waals surface area (Å²) >= 11 is 0. The van der Waals surface area contributed by atoms with E-state index < -0.39 is 6.61 Å². The van der Waals surface area contributed by atoms with Crippen molar-refractivity contribution in [3.63, 3.8) is 0 Å². The molecule has 0 amide bonds. The fraction of sp³-hybridized carbons (Fsp3) is 0.250. The highest BCUT2D eigenvalue weighted by Crippen LogP contribution is 2.22. The van der Waals surface area contributed by atoms with Gasteiger partial charge in [-0.15, -0.1) is 0 Å². The van der Waals surface area contributed by atoms with Crippen LogP contribution >= 0.6 is 0 Å². The molecule has 0 saturated carbocycles. The fourth-order valence-corrected chi connectivity index (χ4v) is 2.00. The molecule has 0 heterocycles. The van der Waals surface area contributed by atoms with E-state index in [2.05, 4.69) is 10.1 Å². The average molecular weight is 293 g/mol. The number of rotatable bonds is 6. The summed E-state index contributed by atoms with van der Waals surface area (Å²) in [6.45, 7) is -0.464. The van der Waals surface area contributed by atoms with Gasteiger partial charge in [0.05, 0.1) is 0 Å². The molecule has 0 bridgehead atoms. The zero-order valence-electron chi connectivity index (χ0n) is 11.6. The Hall–Kier alpha value is -2.14. The molecule has 0 fully saturated rings. The summed E-state index contributed by atoms with van der Waals surface area (Å²) in [6, 6.07) is 13.6. The van der Waals surface area contributed by atoms with Gasteiger partial charge in [0.15, 0.2) is 0 Å². The number of hydrogen-bond donors (Lipinski definition) is 2. The van der Waals surface area contributed by atoms with Crippen LogP contribution in [0.5, 0.6) is 11.5 Å². The number of phenolic OH excluding ortho intramolecular Hbond substituents is 1. The first-order valence-electron chi connectivity index (χ1n) is 6.61. The predicted molar refractivity (Wildman–Crippen MR) is 76.4 cm³/mol. The van der Waals surface area contributed by atoms with E-state index in [1.54, 1.807) is 30.3 Å². The molecular formula is C16H17F2NO2. The Morgan fingerprint density at radius 1 is 1.10 bits per heavy atom. The predicted octanol–water partition coefficient (Wildman–Crippen LogP) is 3.84. The third-order valence-electron chi connectivity index (χ3n) is 3.18. The molecule has 5 heteroatoms. The van der Waals surface area contributed by atoms with E-state index in [0.29, 0.717) is 12.1 Å². The van der Waals surface area contributed by atoms with Crippen molar-refractivity contribution in [2.24, 2.45) is 0 Å². The summed E-state index contributed by atoms with van der Waals surface area (Å²) in [5.74, 6) is 0.388. The van der Waals surface area contributed by atoms with Crippen LogP contribution in [0.15, 0.2) is 48.5 Å². The van der Waals surface area contributed by atoms with Crippen LogP contribution in [0.25, 0.3) is 0 Å². The van der Waals surface area contributed by atoms with Crippen molar-refractivity contribution in [1.82, 2.24) is 5.32 Å². The van der Waals surface area contributed by atoms with Crippen molar-refractivity contribution in [1.29, 1.82) is 0 Å². The Morgan fingerprint density at radius 3 is 2.43 bits per heavy atom. The van der Waals surface area contributed by atoms with Crippen molar-refractivity contribution >= 4 is 0 Å². The zero-order valence-corrected chi connectivity index (χ0v) is 11.6. The molecule has 0 aliphatic heterocycles. The van der Waals surface area contributed by atoms with Crippen LogP contribution in [0, 0.1) is 0 Å². The van der Waals surface area contributed by atoms with Gasteiger partial charge in [0.2, 0.25) is 0 Å². The summed E-state index contributed by atoms with van der Waals surface area (Å²) in [5, 5.41) is 12.5.